The lowest BCUT2D eigenvalue weighted by Crippen LogP contribution is -2.35. The molecule has 0 unspecified atom stereocenters. The number of nitrogens with zero attached hydrogens (tertiary/aromatic N) is 2. The van der Waals surface area contributed by atoms with Gasteiger partial charge in [-0.3, -0.25) is 4.68 Å². The first-order valence-corrected chi connectivity index (χ1v) is 5.21. The first kappa shape index (κ1) is 13.1. The highest BCUT2D eigenvalue weighted by Crippen LogP contribution is 2.10. The van der Waals surface area contributed by atoms with Crippen molar-refractivity contribution in [1.82, 2.24) is 15.1 Å². The van der Waals surface area contributed by atoms with Crippen LogP contribution in [0.3, 0.4) is 0 Å². The molecular weight excluding hydrogens is 216 g/mol. The Balaban J connectivity index is 2.48. The number of alkyl halides is 2. The molecule has 0 aliphatic heterocycles. The van der Waals surface area contributed by atoms with E-state index in [0.717, 1.165) is 11.4 Å². The van der Waals surface area contributed by atoms with Crippen molar-refractivity contribution < 1.29 is 13.9 Å². The summed E-state index contributed by atoms with van der Waals surface area (Å²) < 4.78 is 27.2. The first-order chi connectivity index (χ1) is 7.48. The van der Waals surface area contributed by atoms with Crippen molar-refractivity contribution in [3.8, 4) is 0 Å². The molecule has 0 saturated carbocycles. The molecule has 0 fully saturated rings. The van der Waals surface area contributed by atoms with Crippen molar-refractivity contribution in [3.05, 3.63) is 17.5 Å². The molecule has 0 amide bonds. The summed E-state index contributed by atoms with van der Waals surface area (Å²) in [4.78, 5) is 0. The summed E-state index contributed by atoms with van der Waals surface area (Å²) in [5, 5.41) is 15.2. The van der Waals surface area contributed by atoms with Crippen molar-refractivity contribution in [2.24, 2.45) is 0 Å². The van der Waals surface area contributed by atoms with E-state index in [2.05, 4.69) is 10.4 Å². The van der Waals surface area contributed by atoms with Gasteiger partial charge in [0.05, 0.1) is 17.9 Å². The minimum Gasteiger partial charge on any atom is -0.390 e. The Bertz CT molecular complexity index is 339. The second-order valence-electron chi connectivity index (χ2n) is 3.71. The normalized spacial score (nSPS) is 12.1. The molecule has 0 saturated heterocycles. The molecule has 6 heteroatoms. The smallest absolute Gasteiger partial charge is 0.282 e. The Morgan fingerprint density at radius 1 is 1.56 bits per heavy atom. The van der Waals surface area contributed by atoms with Gasteiger partial charge in [0, 0.05) is 13.1 Å². The second-order valence-corrected chi connectivity index (χ2v) is 3.71. The third-order valence-corrected chi connectivity index (χ3v) is 2.21. The van der Waals surface area contributed by atoms with Crippen LogP contribution in [0.25, 0.3) is 0 Å². The van der Waals surface area contributed by atoms with E-state index in [1.54, 1.807) is 4.68 Å². The molecule has 0 spiro atoms. The number of aliphatic hydroxyl groups is 1. The highest BCUT2D eigenvalue weighted by molar-refractivity contribution is 5.08. The molecule has 0 aromatic carbocycles. The monoisotopic (exact) mass is 233 g/mol. The van der Waals surface area contributed by atoms with Crippen LogP contribution in [-0.4, -0.2) is 34.0 Å². The Morgan fingerprint density at radius 3 is 2.81 bits per heavy atom. The van der Waals surface area contributed by atoms with E-state index in [1.165, 1.54) is 0 Å². The van der Waals surface area contributed by atoms with E-state index in [4.69, 9.17) is 5.11 Å². The lowest BCUT2D eigenvalue weighted by atomic mass is 10.3. The van der Waals surface area contributed by atoms with Gasteiger partial charge in [-0.2, -0.15) is 5.10 Å². The summed E-state index contributed by atoms with van der Waals surface area (Å²) in [6, 6.07) is 1.85. The van der Waals surface area contributed by atoms with Crippen LogP contribution in [0.15, 0.2) is 6.07 Å². The fraction of sp³-hybridized carbons (Fsp3) is 0.700. The summed E-state index contributed by atoms with van der Waals surface area (Å²) in [6.45, 7) is 3.17. The van der Waals surface area contributed by atoms with Gasteiger partial charge in [0.15, 0.2) is 0 Å². The molecule has 4 nitrogen and oxygen atoms in total. The van der Waals surface area contributed by atoms with E-state index in [1.807, 2.05) is 19.9 Å². The summed E-state index contributed by atoms with van der Waals surface area (Å²) in [6.07, 6.45) is 0. The number of hydrogen-bond donors (Lipinski definition) is 2. The largest absolute Gasteiger partial charge is 0.390 e. The lowest BCUT2D eigenvalue weighted by molar-refractivity contribution is -0.0478. The molecule has 2 N–H and O–H groups in total. The van der Waals surface area contributed by atoms with Crippen LogP contribution >= 0.6 is 0 Å². The summed E-state index contributed by atoms with van der Waals surface area (Å²) in [5.41, 5.74) is 1.74. The van der Waals surface area contributed by atoms with Crippen LogP contribution in [-0.2, 0) is 13.1 Å². The zero-order chi connectivity index (χ0) is 12.2. The van der Waals surface area contributed by atoms with Crippen molar-refractivity contribution in [1.29, 1.82) is 0 Å². The zero-order valence-electron chi connectivity index (χ0n) is 9.50. The first-order valence-electron chi connectivity index (χ1n) is 5.21. The Labute approximate surface area is 93.3 Å². The maximum atomic E-state index is 12.7. The topological polar surface area (TPSA) is 50.1 Å². The molecule has 16 heavy (non-hydrogen) atoms. The van der Waals surface area contributed by atoms with Gasteiger partial charge < -0.3 is 10.4 Å². The third kappa shape index (κ3) is 3.53. The average Bonchev–Trinajstić information content (AvgIpc) is 2.59. The minimum atomic E-state index is -3.06. The predicted molar refractivity (Wildman–Crippen MR) is 56.4 cm³/mol. The number of aliphatic hydroxyl groups excluding tert-OH is 1. The van der Waals surface area contributed by atoms with Gasteiger partial charge in [-0.25, -0.2) is 8.78 Å². The Kier molecular flexibility index (Phi) is 4.37. The number of aromatic nitrogens is 2. The van der Waals surface area contributed by atoms with Crippen LogP contribution in [0, 0.1) is 6.92 Å². The lowest BCUT2D eigenvalue weighted by Gasteiger charge is -2.14. The van der Waals surface area contributed by atoms with E-state index >= 15 is 0 Å². The summed E-state index contributed by atoms with van der Waals surface area (Å²) >= 11 is 0. The third-order valence-electron chi connectivity index (χ3n) is 2.21. The Morgan fingerprint density at radius 2 is 2.25 bits per heavy atom. The van der Waals surface area contributed by atoms with E-state index in [0.29, 0.717) is 13.1 Å². The molecule has 0 atom stereocenters. The van der Waals surface area contributed by atoms with Crippen LogP contribution in [0.4, 0.5) is 8.78 Å². The molecule has 1 heterocycles. The predicted octanol–water partition coefficient (Wildman–Crippen LogP) is 0.929. The number of hydrogen-bond acceptors (Lipinski definition) is 3. The Hall–Kier alpha value is -1.01. The van der Waals surface area contributed by atoms with Crippen LogP contribution in [0.5, 0.6) is 0 Å². The van der Waals surface area contributed by atoms with Gasteiger partial charge in [0.2, 0.25) is 0 Å². The van der Waals surface area contributed by atoms with Crippen molar-refractivity contribution in [2.45, 2.75) is 32.9 Å². The quantitative estimate of drug-likeness (QED) is 0.768. The van der Waals surface area contributed by atoms with Crippen LogP contribution in [0.1, 0.15) is 18.3 Å². The number of nitrogens with one attached hydrogen (secondary N) is 1. The number of rotatable bonds is 6. The maximum Gasteiger partial charge on any atom is 0.282 e. The zero-order valence-corrected chi connectivity index (χ0v) is 9.50. The molecule has 1 aromatic rings. The van der Waals surface area contributed by atoms with Crippen LogP contribution in [0.2, 0.25) is 0 Å². The maximum absolute atomic E-state index is 12.7. The molecule has 0 bridgehead atoms. The van der Waals surface area contributed by atoms with Gasteiger partial charge in [-0.15, -0.1) is 0 Å². The van der Waals surface area contributed by atoms with Gasteiger partial charge in [-0.05, 0) is 19.9 Å². The molecule has 0 aliphatic carbocycles. The van der Waals surface area contributed by atoms with Crippen molar-refractivity contribution in [3.63, 3.8) is 0 Å². The SMILES string of the molecule is CCn1nc(C)cc1CNCC(F)(F)CO. The minimum absolute atomic E-state index is 0.324. The van der Waals surface area contributed by atoms with Gasteiger partial charge in [-0.1, -0.05) is 0 Å². The molecule has 1 aromatic heterocycles. The standard InChI is InChI=1S/C10H17F2N3O/c1-3-15-9(4-8(2)14-15)5-13-6-10(11,12)7-16/h4,13,16H,3,5-7H2,1-2H3. The number of halogens is 2. The highest BCUT2D eigenvalue weighted by Gasteiger charge is 2.26. The van der Waals surface area contributed by atoms with Gasteiger partial charge in [0.25, 0.3) is 5.92 Å². The van der Waals surface area contributed by atoms with Crippen molar-refractivity contribution in [2.75, 3.05) is 13.2 Å². The molecule has 1 rings (SSSR count). The van der Waals surface area contributed by atoms with Crippen LogP contribution < -0.4 is 5.32 Å². The summed E-state index contributed by atoms with van der Waals surface area (Å²) in [5.74, 6) is -3.06. The van der Waals surface area contributed by atoms with Gasteiger partial charge >= 0.3 is 0 Å². The molecular formula is C10H17F2N3O. The van der Waals surface area contributed by atoms with E-state index in [9.17, 15) is 8.78 Å². The fourth-order valence-electron chi connectivity index (χ4n) is 1.44. The number of aryl methyl sites for hydroxylation is 2. The van der Waals surface area contributed by atoms with E-state index < -0.39 is 19.1 Å². The van der Waals surface area contributed by atoms with Crippen molar-refractivity contribution >= 4 is 0 Å². The molecule has 92 valence electrons. The summed E-state index contributed by atoms with van der Waals surface area (Å²) in [7, 11) is 0. The average molecular weight is 233 g/mol. The molecule has 0 radical (unpaired) electrons. The second kappa shape index (κ2) is 5.36. The highest BCUT2D eigenvalue weighted by atomic mass is 19.3. The van der Waals surface area contributed by atoms with E-state index in [-0.39, 0.29) is 0 Å². The van der Waals surface area contributed by atoms with Gasteiger partial charge in [0.1, 0.15) is 6.61 Å². The fourth-order valence-corrected chi connectivity index (χ4v) is 1.44. The molecule has 0 aliphatic rings.